The van der Waals surface area contributed by atoms with Crippen molar-refractivity contribution in [2.24, 2.45) is 5.92 Å². The van der Waals surface area contributed by atoms with Gasteiger partial charge in [0.25, 0.3) is 0 Å². The molecule has 2 N–H and O–H groups in total. The van der Waals surface area contributed by atoms with Crippen molar-refractivity contribution >= 4 is 10.0 Å². The van der Waals surface area contributed by atoms with E-state index >= 15 is 0 Å². The Morgan fingerprint density at radius 2 is 2.05 bits per heavy atom. The zero-order valence-electron chi connectivity index (χ0n) is 11.8. The average Bonchev–Trinajstić information content (AvgIpc) is 2.35. The van der Waals surface area contributed by atoms with Gasteiger partial charge in [0, 0.05) is 12.6 Å². The quantitative estimate of drug-likeness (QED) is 0.845. The molecule has 2 rings (SSSR count). The molecule has 1 fully saturated rings. The Kier molecular flexibility index (Phi) is 4.78. The van der Waals surface area contributed by atoms with Gasteiger partial charge in [-0.25, -0.2) is 17.5 Å². The summed E-state index contributed by atoms with van der Waals surface area (Å²) in [4.78, 5) is 0.0398. The number of benzene rings is 1. The van der Waals surface area contributed by atoms with Crippen LogP contribution in [-0.4, -0.2) is 21.0 Å². The SMILES string of the molecule is CCNCc1ccc(F)cc1S(=O)(=O)NC1CC(C)C1. The van der Waals surface area contributed by atoms with Crippen molar-refractivity contribution in [1.82, 2.24) is 10.0 Å². The maximum absolute atomic E-state index is 13.4. The van der Waals surface area contributed by atoms with Gasteiger partial charge in [0.15, 0.2) is 0 Å². The highest BCUT2D eigenvalue weighted by Crippen LogP contribution is 2.28. The summed E-state index contributed by atoms with van der Waals surface area (Å²) in [6.45, 7) is 5.16. The fourth-order valence-corrected chi connectivity index (χ4v) is 3.98. The predicted molar refractivity (Wildman–Crippen MR) is 76.3 cm³/mol. The lowest BCUT2D eigenvalue weighted by Crippen LogP contribution is -2.43. The van der Waals surface area contributed by atoms with E-state index in [2.05, 4.69) is 17.0 Å². The zero-order chi connectivity index (χ0) is 14.8. The second kappa shape index (κ2) is 6.20. The molecule has 6 heteroatoms. The maximum atomic E-state index is 13.4. The van der Waals surface area contributed by atoms with Crippen LogP contribution in [0.2, 0.25) is 0 Å². The third-order valence-electron chi connectivity index (χ3n) is 3.58. The molecule has 0 bridgehead atoms. The number of hydrogen-bond donors (Lipinski definition) is 2. The number of halogens is 1. The molecule has 112 valence electrons. The van der Waals surface area contributed by atoms with Crippen molar-refractivity contribution in [1.29, 1.82) is 0 Å². The van der Waals surface area contributed by atoms with E-state index < -0.39 is 15.8 Å². The van der Waals surface area contributed by atoms with Crippen molar-refractivity contribution < 1.29 is 12.8 Å². The lowest BCUT2D eigenvalue weighted by Gasteiger charge is -2.33. The van der Waals surface area contributed by atoms with E-state index in [1.165, 1.54) is 12.1 Å². The van der Waals surface area contributed by atoms with E-state index in [1.807, 2.05) is 6.92 Å². The van der Waals surface area contributed by atoms with Crippen LogP contribution in [0.15, 0.2) is 23.1 Å². The van der Waals surface area contributed by atoms with Crippen molar-refractivity contribution in [3.63, 3.8) is 0 Å². The van der Waals surface area contributed by atoms with Gasteiger partial charge < -0.3 is 5.32 Å². The fraction of sp³-hybridized carbons (Fsp3) is 0.571. The Morgan fingerprint density at radius 1 is 1.35 bits per heavy atom. The van der Waals surface area contributed by atoms with Crippen molar-refractivity contribution in [3.05, 3.63) is 29.6 Å². The minimum atomic E-state index is -3.66. The molecule has 0 aliphatic heterocycles. The average molecular weight is 300 g/mol. The first-order valence-corrected chi connectivity index (χ1v) is 8.42. The first kappa shape index (κ1) is 15.4. The van der Waals surface area contributed by atoms with Crippen molar-refractivity contribution in [2.75, 3.05) is 6.54 Å². The van der Waals surface area contributed by atoms with Gasteiger partial charge in [-0.15, -0.1) is 0 Å². The van der Waals surface area contributed by atoms with Gasteiger partial charge in [-0.05, 0) is 43.0 Å². The number of nitrogens with one attached hydrogen (secondary N) is 2. The molecule has 4 nitrogen and oxygen atoms in total. The highest BCUT2D eigenvalue weighted by atomic mass is 32.2. The van der Waals surface area contributed by atoms with Crippen LogP contribution in [0.25, 0.3) is 0 Å². The Morgan fingerprint density at radius 3 is 2.65 bits per heavy atom. The molecule has 1 aromatic carbocycles. The van der Waals surface area contributed by atoms with E-state index in [0.717, 1.165) is 25.5 Å². The summed E-state index contributed by atoms with van der Waals surface area (Å²) in [5, 5.41) is 3.07. The highest BCUT2D eigenvalue weighted by molar-refractivity contribution is 7.89. The third kappa shape index (κ3) is 3.56. The van der Waals surface area contributed by atoms with E-state index in [9.17, 15) is 12.8 Å². The third-order valence-corrected chi connectivity index (χ3v) is 5.18. The van der Waals surface area contributed by atoms with Crippen LogP contribution >= 0.6 is 0 Å². The maximum Gasteiger partial charge on any atom is 0.241 e. The molecule has 20 heavy (non-hydrogen) atoms. The normalized spacial score (nSPS) is 22.6. The predicted octanol–water partition coefficient (Wildman–Crippen LogP) is 2.01. The summed E-state index contributed by atoms with van der Waals surface area (Å²) in [7, 11) is -3.66. The first-order chi connectivity index (χ1) is 9.42. The van der Waals surface area contributed by atoms with E-state index in [-0.39, 0.29) is 10.9 Å². The smallest absolute Gasteiger partial charge is 0.241 e. The topological polar surface area (TPSA) is 58.2 Å². The number of sulfonamides is 1. The molecule has 0 atom stereocenters. The van der Waals surface area contributed by atoms with Crippen LogP contribution in [0.5, 0.6) is 0 Å². The number of hydrogen-bond acceptors (Lipinski definition) is 3. The molecule has 0 aromatic heterocycles. The molecule has 1 aliphatic rings. The van der Waals surface area contributed by atoms with Gasteiger partial charge in [0.1, 0.15) is 5.82 Å². The molecule has 0 saturated heterocycles. The van der Waals surface area contributed by atoms with Crippen LogP contribution in [0.4, 0.5) is 4.39 Å². The second-order valence-electron chi connectivity index (χ2n) is 5.43. The molecule has 1 saturated carbocycles. The minimum Gasteiger partial charge on any atom is -0.313 e. The van der Waals surface area contributed by atoms with Crippen molar-refractivity contribution in [3.8, 4) is 0 Å². The Balaban J connectivity index is 2.22. The van der Waals surface area contributed by atoms with E-state index in [4.69, 9.17) is 0 Å². The Hall–Kier alpha value is -0.980. The summed E-state index contributed by atoms with van der Waals surface area (Å²) in [5.74, 6) is 0.0176. The highest BCUT2D eigenvalue weighted by Gasteiger charge is 2.30. The van der Waals surface area contributed by atoms with Gasteiger partial charge in [-0.1, -0.05) is 19.9 Å². The number of rotatable bonds is 6. The monoisotopic (exact) mass is 300 g/mol. The van der Waals surface area contributed by atoms with Crippen LogP contribution in [-0.2, 0) is 16.6 Å². The molecule has 0 unspecified atom stereocenters. The minimum absolute atomic E-state index is 0.0229. The molecule has 0 amide bonds. The van der Waals surface area contributed by atoms with Crippen molar-refractivity contribution in [2.45, 2.75) is 44.2 Å². The van der Waals surface area contributed by atoms with Gasteiger partial charge >= 0.3 is 0 Å². The van der Waals surface area contributed by atoms with E-state index in [0.29, 0.717) is 18.0 Å². The van der Waals surface area contributed by atoms with Crippen LogP contribution in [0, 0.1) is 11.7 Å². The summed E-state index contributed by atoms with van der Waals surface area (Å²) >= 11 is 0. The molecular weight excluding hydrogens is 279 g/mol. The molecule has 0 radical (unpaired) electrons. The molecule has 0 spiro atoms. The zero-order valence-corrected chi connectivity index (χ0v) is 12.6. The van der Waals surface area contributed by atoms with Gasteiger partial charge in [0.05, 0.1) is 4.90 Å². The van der Waals surface area contributed by atoms with Gasteiger partial charge in [-0.2, -0.15) is 0 Å². The summed E-state index contributed by atoms with van der Waals surface area (Å²) in [5.41, 5.74) is 0.591. The lowest BCUT2D eigenvalue weighted by atomic mass is 9.83. The molecule has 1 aliphatic carbocycles. The van der Waals surface area contributed by atoms with Crippen LogP contribution in [0.3, 0.4) is 0 Å². The van der Waals surface area contributed by atoms with Crippen LogP contribution in [0.1, 0.15) is 32.3 Å². The van der Waals surface area contributed by atoms with E-state index in [1.54, 1.807) is 0 Å². The molecular formula is C14H21FN2O2S. The lowest BCUT2D eigenvalue weighted by molar-refractivity contribution is 0.270. The Labute approximate surface area is 119 Å². The Bertz CT molecular complexity index is 569. The summed E-state index contributed by atoms with van der Waals surface area (Å²) < 4.78 is 40.8. The summed E-state index contributed by atoms with van der Waals surface area (Å²) in [6.07, 6.45) is 1.69. The van der Waals surface area contributed by atoms with Gasteiger partial charge in [0.2, 0.25) is 10.0 Å². The van der Waals surface area contributed by atoms with Crippen LogP contribution < -0.4 is 10.0 Å². The second-order valence-corrected chi connectivity index (χ2v) is 7.11. The first-order valence-electron chi connectivity index (χ1n) is 6.94. The van der Waals surface area contributed by atoms with Gasteiger partial charge in [-0.3, -0.25) is 0 Å². The standard InChI is InChI=1S/C14H21FN2O2S/c1-3-16-9-11-4-5-12(15)8-14(11)20(18,19)17-13-6-10(2)7-13/h4-5,8,10,13,16-17H,3,6-7,9H2,1-2H3. The molecule has 0 heterocycles. The largest absolute Gasteiger partial charge is 0.313 e. The fourth-order valence-electron chi connectivity index (χ4n) is 2.47. The summed E-state index contributed by atoms with van der Waals surface area (Å²) in [6, 6.07) is 3.88. The molecule has 1 aromatic rings.